The quantitative estimate of drug-likeness (QED) is 0.592. The maximum Gasteiger partial charge on any atom is 0.410 e. The normalized spacial score (nSPS) is 19.2. The first-order valence-electron chi connectivity index (χ1n) is 11.2. The SMILES string of the molecule is O=C1O[C@H](c2ccccc2)CN1Cc1ccc(N2CCN(Cc3cccnc3)CC2)cc1. The van der Waals surface area contributed by atoms with Gasteiger partial charge in [0.05, 0.1) is 6.54 Å². The third kappa shape index (κ3) is 4.75. The Morgan fingerprint density at radius 2 is 1.62 bits per heavy atom. The standard InChI is InChI=1S/C26H28N4O2/c31-26-30(20-25(32-26)23-6-2-1-3-7-23)19-21-8-10-24(11-9-21)29-15-13-28(14-16-29)18-22-5-4-12-27-17-22/h1-12,17,25H,13-16,18-20H2/t25-/m0/s1. The van der Waals surface area contributed by atoms with Gasteiger partial charge in [0, 0.05) is 57.3 Å². The van der Waals surface area contributed by atoms with Gasteiger partial charge in [-0.3, -0.25) is 14.8 Å². The Kier molecular flexibility index (Phi) is 6.03. The summed E-state index contributed by atoms with van der Waals surface area (Å²) in [6.45, 7) is 6.21. The molecule has 2 saturated heterocycles. The number of cyclic esters (lactones) is 1. The van der Waals surface area contributed by atoms with Gasteiger partial charge in [-0.1, -0.05) is 48.5 Å². The third-order valence-corrected chi connectivity index (χ3v) is 6.24. The van der Waals surface area contributed by atoms with Crippen LogP contribution in [0.25, 0.3) is 0 Å². The first-order valence-corrected chi connectivity index (χ1v) is 11.2. The van der Waals surface area contributed by atoms with Crippen LogP contribution in [0.1, 0.15) is 22.8 Å². The second kappa shape index (κ2) is 9.40. The van der Waals surface area contributed by atoms with Gasteiger partial charge < -0.3 is 9.64 Å². The Bertz CT molecular complexity index is 1020. The molecule has 0 aliphatic carbocycles. The maximum absolute atomic E-state index is 12.3. The van der Waals surface area contributed by atoms with E-state index in [0.29, 0.717) is 13.1 Å². The molecule has 6 nitrogen and oxygen atoms in total. The smallest absolute Gasteiger partial charge is 0.410 e. The van der Waals surface area contributed by atoms with Gasteiger partial charge >= 0.3 is 6.09 Å². The first-order chi connectivity index (χ1) is 15.7. The van der Waals surface area contributed by atoms with Gasteiger partial charge in [-0.2, -0.15) is 0 Å². The summed E-state index contributed by atoms with van der Waals surface area (Å²) >= 11 is 0. The Hall–Kier alpha value is -3.38. The summed E-state index contributed by atoms with van der Waals surface area (Å²) < 4.78 is 5.57. The molecule has 3 aromatic rings. The van der Waals surface area contributed by atoms with Crippen molar-refractivity contribution < 1.29 is 9.53 Å². The van der Waals surface area contributed by atoms with Gasteiger partial charge in [-0.05, 0) is 34.9 Å². The van der Waals surface area contributed by atoms with E-state index in [9.17, 15) is 4.79 Å². The van der Waals surface area contributed by atoms with E-state index in [2.05, 4.69) is 45.1 Å². The number of aromatic nitrogens is 1. The highest BCUT2D eigenvalue weighted by Gasteiger charge is 2.32. The number of piperazine rings is 1. The summed E-state index contributed by atoms with van der Waals surface area (Å²) in [5, 5.41) is 0. The minimum atomic E-state index is -0.243. The average Bonchev–Trinajstić information content (AvgIpc) is 3.21. The number of anilines is 1. The van der Waals surface area contributed by atoms with Crippen molar-refractivity contribution in [1.82, 2.24) is 14.8 Å². The van der Waals surface area contributed by atoms with E-state index in [4.69, 9.17) is 4.74 Å². The van der Waals surface area contributed by atoms with Crippen LogP contribution in [-0.4, -0.2) is 53.6 Å². The molecule has 0 saturated carbocycles. The van der Waals surface area contributed by atoms with E-state index in [1.165, 1.54) is 11.3 Å². The molecule has 0 radical (unpaired) electrons. The Balaban J connectivity index is 1.14. The molecule has 0 unspecified atom stereocenters. The summed E-state index contributed by atoms with van der Waals surface area (Å²) in [6.07, 6.45) is 3.33. The van der Waals surface area contributed by atoms with E-state index in [1.54, 1.807) is 4.90 Å². The molecular formula is C26H28N4O2. The topological polar surface area (TPSA) is 48.9 Å². The van der Waals surface area contributed by atoms with E-state index in [-0.39, 0.29) is 12.2 Å². The fraction of sp³-hybridized carbons (Fsp3) is 0.308. The number of rotatable bonds is 6. The number of benzene rings is 2. The van der Waals surface area contributed by atoms with Crippen LogP contribution >= 0.6 is 0 Å². The van der Waals surface area contributed by atoms with Crippen LogP contribution in [0.15, 0.2) is 79.1 Å². The molecular weight excluding hydrogens is 400 g/mol. The fourth-order valence-corrected chi connectivity index (χ4v) is 4.43. The predicted molar refractivity (Wildman–Crippen MR) is 124 cm³/mol. The number of carbonyl (C=O) groups is 1. The molecule has 164 valence electrons. The summed E-state index contributed by atoms with van der Waals surface area (Å²) in [7, 11) is 0. The van der Waals surface area contributed by atoms with E-state index in [1.807, 2.05) is 48.8 Å². The van der Waals surface area contributed by atoms with Gasteiger partial charge in [0.25, 0.3) is 0 Å². The molecule has 6 heteroatoms. The number of hydrogen-bond acceptors (Lipinski definition) is 5. The van der Waals surface area contributed by atoms with E-state index in [0.717, 1.165) is 43.9 Å². The van der Waals surface area contributed by atoms with Crippen LogP contribution in [0, 0.1) is 0 Å². The zero-order valence-electron chi connectivity index (χ0n) is 18.1. The zero-order valence-corrected chi connectivity index (χ0v) is 18.1. The first kappa shape index (κ1) is 20.5. The van der Waals surface area contributed by atoms with Crippen LogP contribution in [0.3, 0.4) is 0 Å². The number of nitrogens with zero attached hydrogens (tertiary/aromatic N) is 4. The molecule has 2 aliphatic heterocycles. The molecule has 1 amide bonds. The lowest BCUT2D eigenvalue weighted by atomic mass is 10.1. The molecule has 5 rings (SSSR count). The van der Waals surface area contributed by atoms with Crippen molar-refractivity contribution in [3.8, 4) is 0 Å². The van der Waals surface area contributed by atoms with Crippen LogP contribution in [0.5, 0.6) is 0 Å². The van der Waals surface area contributed by atoms with Crippen molar-refractivity contribution in [1.29, 1.82) is 0 Å². The highest BCUT2D eigenvalue weighted by Crippen LogP contribution is 2.27. The minimum Gasteiger partial charge on any atom is -0.439 e. The lowest BCUT2D eigenvalue weighted by Crippen LogP contribution is -2.45. The monoisotopic (exact) mass is 428 g/mol. The zero-order chi connectivity index (χ0) is 21.8. The molecule has 1 aromatic heterocycles. The number of carbonyl (C=O) groups excluding carboxylic acids is 1. The van der Waals surface area contributed by atoms with Crippen LogP contribution in [-0.2, 0) is 17.8 Å². The lowest BCUT2D eigenvalue weighted by Gasteiger charge is -2.36. The molecule has 0 spiro atoms. The largest absolute Gasteiger partial charge is 0.439 e. The molecule has 2 aromatic carbocycles. The van der Waals surface area contributed by atoms with Gasteiger partial charge in [-0.15, -0.1) is 0 Å². The third-order valence-electron chi connectivity index (χ3n) is 6.24. The summed E-state index contributed by atoms with van der Waals surface area (Å²) in [4.78, 5) is 23.2. The van der Waals surface area contributed by atoms with E-state index >= 15 is 0 Å². The predicted octanol–water partition coefficient (Wildman–Crippen LogP) is 4.10. The number of amides is 1. The van der Waals surface area contributed by atoms with Crippen molar-refractivity contribution in [3.05, 3.63) is 95.8 Å². The van der Waals surface area contributed by atoms with Crippen molar-refractivity contribution in [2.24, 2.45) is 0 Å². The summed E-state index contributed by atoms with van der Waals surface area (Å²) in [5.41, 5.74) is 4.66. The molecule has 2 fully saturated rings. The Morgan fingerprint density at radius 3 is 2.34 bits per heavy atom. The number of ether oxygens (including phenoxy) is 1. The van der Waals surface area contributed by atoms with Crippen molar-refractivity contribution in [2.45, 2.75) is 19.2 Å². The fourth-order valence-electron chi connectivity index (χ4n) is 4.43. The Labute approximate surface area is 189 Å². The summed E-state index contributed by atoms with van der Waals surface area (Å²) in [6, 6.07) is 22.7. The lowest BCUT2D eigenvalue weighted by molar-refractivity contribution is 0.132. The number of hydrogen-bond donors (Lipinski definition) is 0. The molecule has 0 N–H and O–H groups in total. The van der Waals surface area contributed by atoms with Crippen LogP contribution in [0.2, 0.25) is 0 Å². The van der Waals surface area contributed by atoms with E-state index < -0.39 is 0 Å². The maximum atomic E-state index is 12.3. The summed E-state index contributed by atoms with van der Waals surface area (Å²) in [5.74, 6) is 0. The second-order valence-corrected chi connectivity index (χ2v) is 8.45. The highest BCUT2D eigenvalue weighted by atomic mass is 16.6. The van der Waals surface area contributed by atoms with Crippen molar-refractivity contribution >= 4 is 11.8 Å². The molecule has 2 aliphatic rings. The average molecular weight is 429 g/mol. The van der Waals surface area contributed by atoms with Gasteiger partial charge in [0.2, 0.25) is 0 Å². The van der Waals surface area contributed by atoms with Crippen LogP contribution in [0.4, 0.5) is 10.5 Å². The number of pyridine rings is 1. The minimum absolute atomic E-state index is 0.189. The molecule has 32 heavy (non-hydrogen) atoms. The van der Waals surface area contributed by atoms with Crippen molar-refractivity contribution in [3.63, 3.8) is 0 Å². The Morgan fingerprint density at radius 1 is 0.844 bits per heavy atom. The van der Waals surface area contributed by atoms with Gasteiger partial charge in [-0.25, -0.2) is 4.79 Å². The molecule has 3 heterocycles. The highest BCUT2D eigenvalue weighted by molar-refractivity contribution is 5.70. The van der Waals surface area contributed by atoms with Crippen molar-refractivity contribution in [2.75, 3.05) is 37.6 Å². The van der Waals surface area contributed by atoms with Gasteiger partial charge in [0.15, 0.2) is 0 Å². The molecule has 0 bridgehead atoms. The molecule has 1 atom stereocenters. The van der Waals surface area contributed by atoms with Gasteiger partial charge in [0.1, 0.15) is 6.10 Å². The second-order valence-electron chi connectivity index (χ2n) is 8.45. The van der Waals surface area contributed by atoms with Crippen LogP contribution < -0.4 is 4.90 Å².